The number of hydrogen-bond donors (Lipinski definition) is 0. The van der Waals surface area contributed by atoms with E-state index in [1.165, 1.54) is 99.4 Å². The second-order valence-corrected chi connectivity index (χ2v) is 16.3. The molecule has 0 spiro atoms. The predicted molar refractivity (Wildman–Crippen MR) is 261 cm³/mol. The van der Waals surface area contributed by atoms with Crippen molar-refractivity contribution in [3.8, 4) is 33.4 Å². The van der Waals surface area contributed by atoms with E-state index >= 15 is 0 Å². The van der Waals surface area contributed by atoms with E-state index in [0.29, 0.717) is 0 Å². The fourth-order valence-electron chi connectivity index (χ4n) is 9.56. The van der Waals surface area contributed by atoms with Gasteiger partial charge in [-0.2, -0.15) is 0 Å². The van der Waals surface area contributed by atoms with Gasteiger partial charge in [-0.05, 0) is 126 Å². The number of hydrogen-bond acceptors (Lipinski definition) is 1. The van der Waals surface area contributed by atoms with Gasteiger partial charge in [0.15, 0.2) is 0 Å². The Morgan fingerprint density at radius 1 is 0.393 bits per heavy atom. The summed E-state index contributed by atoms with van der Waals surface area (Å²) in [5, 5.41) is 7.73. The van der Waals surface area contributed by atoms with Gasteiger partial charge in [0.05, 0.1) is 6.04 Å². The standard InChI is InChI=1S/C60H45N/c1-3-13-42(14-4-1)51-33-38-56(47-16-5-2-6-17-47)59(40-51)48-26-23-44(24-27-48)45-29-34-53(35-30-45)61(60-41-52-19-9-10-20-55(52)57-21-11-12-22-58(57)60)54-36-31-46(32-37-54)50-28-25-43-15-7-8-18-49(43)39-50/h1-31,33-34,36,38-41,53H,32,35,37H2. The highest BCUT2D eigenvalue weighted by Gasteiger charge is 2.26. The zero-order valence-corrected chi connectivity index (χ0v) is 34.1. The number of nitrogens with zero attached hydrogens (tertiary/aromatic N) is 1. The largest absolute Gasteiger partial charge is 0.337 e. The molecule has 11 rings (SSSR count). The molecule has 1 atom stereocenters. The van der Waals surface area contributed by atoms with Gasteiger partial charge >= 0.3 is 0 Å². The van der Waals surface area contributed by atoms with Crippen LogP contribution in [0.5, 0.6) is 0 Å². The first-order valence-electron chi connectivity index (χ1n) is 21.6. The zero-order valence-electron chi connectivity index (χ0n) is 34.1. The molecule has 0 bridgehead atoms. The fourth-order valence-corrected chi connectivity index (χ4v) is 9.56. The lowest BCUT2D eigenvalue weighted by molar-refractivity contribution is 0.726. The van der Waals surface area contributed by atoms with Gasteiger partial charge in [-0.25, -0.2) is 0 Å². The first-order valence-corrected chi connectivity index (χ1v) is 21.6. The van der Waals surface area contributed by atoms with E-state index < -0.39 is 0 Å². The van der Waals surface area contributed by atoms with Crippen molar-refractivity contribution in [2.24, 2.45) is 0 Å². The third kappa shape index (κ3) is 7.09. The lowest BCUT2D eigenvalue weighted by Gasteiger charge is -2.37. The maximum atomic E-state index is 2.64. The van der Waals surface area contributed by atoms with Crippen LogP contribution in [0.2, 0.25) is 0 Å². The molecule has 0 aliphatic heterocycles. The molecule has 2 aliphatic carbocycles. The van der Waals surface area contributed by atoms with Crippen LogP contribution >= 0.6 is 0 Å². The molecule has 0 heterocycles. The lowest BCUT2D eigenvalue weighted by atomic mass is 9.89. The molecule has 0 radical (unpaired) electrons. The van der Waals surface area contributed by atoms with Crippen LogP contribution in [0.1, 0.15) is 30.4 Å². The second kappa shape index (κ2) is 15.9. The smallest absolute Gasteiger partial charge is 0.0557 e. The molecule has 0 amide bonds. The van der Waals surface area contributed by atoms with E-state index in [2.05, 4.69) is 235 Å². The highest BCUT2D eigenvalue weighted by Crippen LogP contribution is 2.42. The fraction of sp³-hybridized carbons (Fsp3) is 0.0667. The van der Waals surface area contributed by atoms with Crippen LogP contribution in [0, 0.1) is 0 Å². The minimum atomic E-state index is 0.170. The molecule has 0 N–H and O–H groups in total. The summed E-state index contributed by atoms with van der Waals surface area (Å²) in [5.41, 5.74) is 15.2. The van der Waals surface area contributed by atoms with E-state index in [9.17, 15) is 0 Å². The monoisotopic (exact) mass is 779 g/mol. The van der Waals surface area contributed by atoms with Crippen LogP contribution in [0.25, 0.3) is 76.8 Å². The molecule has 1 unspecified atom stereocenters. The summed E-state index contributed by atoms with van der Waals surface area (Å²) >= 11 is 0. The molecule has 9 aromatic carbocycles. The average Bonchev–Trinajstić information content (AvgIpc) is 3.35. The molecule has 1 nitrogen and oxygen atoms in total. The van der Waals surface area contributed by atoms with Gasteiger partial charge in [0.1, 0.15) is 0 Å². The van der Waals surface area contributed by atoms with Crippen molar-refractivity contribution in [3.05, 3.63) is 247 Å². The van der Waals surface area contributed by atoms with Crippen molar-refractivity contribution in [3.63, 3.8) is 0 Å². The minimum absolute atomic E-state index is 0.170. The van der Waals surface area contributed by atoms with E-state index in [1.807, 2.05) is 0 Å². The zero-order chi connectivity index (χ0) is 40.5. The Bertz CT molecular complexity index is 3200. The molecule has 0 fully saturated rings. The Labute approximate surface area is 358 Å². The Kier molecular flexibility index (Phi) is 9.56. The first-order chi connectivity index (χ1) is 30.2. The quantitative estimate of drug-likeness (QED) is 0.139. The lowest BCUT2D eigenvalue weighted by Crippen LogP contribution is -2.34. The number of benzene rings is 9. The van der Waals surface area contributed by atoms with Crippen LogP contribution in [-0.2, 0) is 0 Å². The number of fused-ring (bicyclic) bond motifs is 4. The van der Waals surface area contributed by atoms with Crippen LogP contribution in [0.3, 0.4) is 0 Å². The van der Waals surface area contributed by atoms with Gasteiger partial charge in [-0.15, -0.1) is 0 Å². The summed E-state index contributed by atoms with van der Waals surface area (Å²) in [7, 11) is 0. The molecular weight excluding hydrogens is 735 g/mol. The normalized spacial score (nSPS) is 15.1. The van der Waals surface area contributed by atoms with E-state index in [0.717, 1.165) is 19.3 Å². The maximum Gasteiger partial charge on any atom is 0.0557 e. The van der Waals surface area contributed by atoms with E-state index in [-0.39, 0.29) is 6.04 Å². The minimum Gasteiger partial charge on any atom is -0.337 e. The van der Waals surface area contributed by atoms with Crippen molar-refractivity contribution < 1.29 is 0 Å². The van der Waals surface area contributed by atoms with Gasteiger partial charge in [-0.1, -0.05) is 206 Å². The van der Waals surface area contributed by atoms with Crippen molar-refractivity contribution >= 4 is 49.2 Å². The maximum absolute atomic E-state index is 2.64. The molecule has 0 aromatic heterocycles. The molecule has 290 valence electrons. The molecule has 1 heteroatoms. The molecule has 2 aliphatic rings. The van der Waals surface area contributed by atoms with Crippen LogP contribution in [-0.4, -0.2) is 6.04 Å². The highest BCUT2D eigenvalue weighted by molar-refractivity contribution is 6.13. The second-order valence-electron chi connectivity index (χ2n) is 16.3. The van der Waals surface area contributed by atoms with Gasteiger partial charge < -0.3 is 4.90 Å². The van der Waals surface area contributed by atoms with Crippen molar-refractivity contribution in [2.75, 3.05) is 4.90 Å². The van der Waals surface area contributed by atoms with Gasteiger partial charge in [-0.3, -0.25) is 0 Å². The number of allylic oxidation sites excluding steroid dienone is 6. The van der Waals surface area contributed by atoms with Crippen LogP contribution in [0.4, 0.5) is 5.69 Å². The van der Waals surface area contributed by atoms with Crippen molar-refractivity contribution in [1.29, 1.82) is 0 Å². The Morgan fingerprint density at radius 2 is 1.02 bits per heavy atom. The van der Waals surface area contributed by atoms with Gasteiger partial charge in [0.2, 0.25) is 0 Å². The summed E-state index contributed by atoms with van der Waals surface area (Å²) in [5.74, 6) is 0. The van der Waals surface area contributed by atoms with Gasteiger partial charge in [0.25, 0.3) is 0 Å². The number of rotatable bonds is 8. The Hall–Kier alpha value is -7.48. The van der Waals surface area contributed by atoms with Gasteiger partial charge in [0, 0.05) is 16.8 Å². The highest BCUT2D eigenvalue weighted by atomic mass is 15.2. The summed E-state index contributed by atoms with van der Waals surface area (Å²) in [6.07, 6.45) is 14.9. The average molecular weight is 780 g/mol. The summed E-state index contributed by atoms with van der Waals surface area (Å²) < 4.78 is 0. The first kappa shape index (κ1) is 36.6. The molecular formula is C60H45N. The number of anilines is 1. The van der Waals surface area contributed by atoms with Crippen molar-refractivity contribution in [1.82, 2.24) is 0 Å². The Balaban J connectivity index is 0.937. The molecule has 9 aromatic rings. The summed E-state index contributed by atoms with van der Waals surface area (Å²) in [6, 6.07) is 73.4. The van der Waals surface area contributed by atoms with E-state index in [4.69, 9.17) is 0 Å². The molecule has 0 saturated carbocycles. The summed E-state index contributed by atoms with van der Waals surface area (Å²) in [4.78, 5) is 2.64. The summed E-state index contributed by atoms with van der Waals surface area (Å²) in [6.45, 7) is 0. The molecule has 61 heavy (non-hydrogen) atoms. The van der Waals surface area contributed by atoms with E-state index in [1.54, 1.807) is 0 Å². The third-order valence-corrected chi connectivity index (χ3v) is 12.7. The SMILES string of the molecule is C1=CC(N(C2=CC=C(c3ccc4ccccc4c3)CC2)c2cc3ccccc3c3ccccc23)CC=C1c1ccc(-c2cc(-c3ccccc3)ccc2-c2ccccc2)cc1. The Morgan fingerprint density at radius 3 is 1.75 bits per heavy atom. The van der Waals surface area contributed by atoms with Crippen LogP contribution in [0.15, 0.2) is 236 Å². The van der Waals surface area contributed by atoms with Crippen molar-refractivity contribution in [2.45, 2.75) is 25.3 Å². The third-order valence-electron chi connectivity index (χ3n) is 12.7. The predicted octanol–water partition coefficient (Wildman–Crippen LogP) is 16.1. The topological polar surface area (TPSA) is 3.24 Å². The molecule has 0 saturated heterocycles. The van der Waals surface area contributed by atoms with Crippen LogP contribution < -0.4 is 4.90 Å².